The van der Waals surface area contributed by atoms with Crippen LogP contribution in [0.5, 0.6) is 0 Å². The molecule has 2 aliphatic heterocycles. The van der Waals surface area contributed by atoms with E-state index in [1.807, 2.05) is 25.7 Å². The van der Waals surface area contributed by atoms with E-state index in [1.165, 1.54) is 0 Å². The SMILES string of the molecule is CC1CN(C2CCN(C(=O)OC(C)(C)C)CC2)CC(C)O1. The van der Waals surface area contributed by atoms with Gasteiger partial charge in [0.05, 0.1) is 12.2 Å². The Kier molecular flexibility index (Phi) is 5.15. The van der Waals surface area contributed by atoms with Gasteiger partial charge in [0.15, 0.2) is 0 Å². The van der Waals surface area contributed by atoms with Gasteiger partial charge in [0.25, 0.3) is 0 Å². The highest BCUT2D eigenvalue weighted by Gasteiger charge is 2.32. The fraction of sp³-hybridized carbons (Fsp3) is 0.938. The summed E-state index contributed by atoms with van der Waals surface area (Å²) in [5, 5.41) is 0. The van der Waals surface area contributed by atoms with Crippen LogP contribution >= 0.6 is 0 Å². The van der Waals surface area contributed by atoms with Gasteiger partial charge < -0.3 is 14.4 Å². The highest BCUT2D eigenvalue weighted by Crippen LogP contribution is 2.22. The minimum atomic E-state index is -0.414. The Hall–Kier alpha value is -0.810. The second-order valence-electron chi connectivity index (χ2n) is 7.41. The number of carbonyl (C=O) groups is 1. The van der Waals surface area contributed by atoms with E-state index in [9.17, 15) is 4.79 Å². The lowest BCUT2D eigenvalue weighted by atomic mass is 10.0. The number of likely N-dealkylation sites (tertiary alicyclic amines) is 1. The smallest absolute Gasteiger partial charge is 0.410 e. The maximum atomic E-state index is 12.1. The highest BCUT2D eigenvalue weighted by atomic mass is 16.6. The van der Waals surface area contributed by atoms with Crippen molar-refractivity contribution in [3.63, 3.8) is 0 Å². The van der Waals surface area contributed by atoms with Crippen LogP contribution in [0.15, 0.2) is 0 Å². The first kappa shape index (κ1) is 16.6. The highest BCUT2D eigenvalue weighted by molar-refractivity contribution is 5.68. The predicted molar refractivity (Wildman–Crippen MR) is 82.4 cm³/mol. The lowest BCUT2D eigenvalue weighted by Gasteiger charge is -2.43. The summed E-state index contributed by atoms with van der Waals surface area (Å²) >= 11 is 0. The number of hydrogen-bond acceptors (Lipinski definition) is 4. The van der Waals surface area contributed by atoms with Crippen molar-refractivity contribution in [2.75, 3.05) is 26.2 Å². The summed E-state index contributed by atoms with van der Waals surface area (Å²) in [4.78, 5) is 16.4. The van der Waals surface area contributed by atoms with Crippen molar-refractivity contribution in [2.24, 2.45) is 0 Å². The Morgan fingerprint density at radius 3 is 2.10 bits per heavy atom. The third-order valence-corrected chi connectivity index (χ3v) is 4.08. The number of nitrogens with zero attached hydrogens (tertiary/aromatic N) is 2. The van der Waals surface area contributed by atoms with Crippen LogP contribution in [0.4, 0.5) is 4.79 Å². The Labute approximate surface area is 128 Å². The molecule has 0 aromatic carbocycles. The molecule has 1 amide bonds. The third-order valence-electron chi connectivity index (χ3n) is 4.08. The molecule has 5 nitrogen and oxygen atoms in total. The van der Waals surface area contributed by atoms with Crippen molar-refractivity contribution in [1.82, 2.24) is 9.80 Å². The van der Waals surface area contributed by atoms with Gasteiger partial charge in [-0.1, -0.05) is 0 Å². The monoisotopic (exact) mass is 298 g/mol. The number of amides is 1. The lowest BCUT2D eigenvalue weighted by Crippen LogP contribution is -2.54. The average molecular weight is 298 g/mol. The minimum Gasteiger partial charge on any atom is -0.444 e. The van der Waals surface area contributed by atoms with E-state index in [-0.39, 0.29) is 6.09 Å². The zero-order chi connectivity index (χ0) is 15.6. The molecule has 0 spiro atoms. The van der Waals surface area contributed by atoms with E-state index in [0.717, 1.165) is 39.0 Å². The van der Waals surface area contributed by atoms with Crippen LogP contribution in [0.3, 0.4) is 0 Å². The molecule has 0 saturated carbocycles. The van der Waals surface area contributed by atoms with Crippen LogP contribution in [0.25, 0.3) is 0 Å². The molecule has 2 heterocycles. The second-order valence-corrected chi connectivity index (χ2v) is 7.41. The molecule has 2 unspecified atom stereocenters. The number of hydrogen-bond donors (Lipinski definition) is 0. The summed E-state index contributed by atoms with van der Waals surface area (Å²) in [5.74, 6) is 0. The Morgan fingerprint density at radius 2 is 1.62 bits per heavy atom. The summed E-state index contributed by atoms with van der Waals surface area (Å²) < 4.78 is 11.2. The van der Waals surface area contributed by atoms with E-state index >= 15 is 0 Å². The van der Waals surface area contributed by atoms with Crippen molar-refractivity contribution in [3.8, 4) is 0 Å². The zero-order valence-electron chi connectivity index (χ0n) is 14.1. The quantitative estimate of drug-likeness (QED) is 0.746. The number of morpholine rings is 1. The van der Waals surface area contributed by atoms with Crippen LogP contribution < -0.4 is 0 Å². The molecule has 2 rings (SSSR count). The maximum absolute atomic E-state index is 12.1. The molecule has 0 N–H and O–H groups in total. The van der Waals surface area contributed by atoms with Gasteiger partial charge in [-0.25, -0.2) is 4.79 Å². The summed E-state index contributed by atoms with van der Waals surface area (Å²) in [6.45, 7) is 13.6. The van der Waals surface area contributed by atoms with Gasteiger partial charge in [-0.3, -0.25) is 4.90 Å². The summed E-state index contributed by atoms with van der Waals surface area (Å²) in [6, 6.07) is 0.567. The van der Waals surface area contributed by atoms with Crippen LogP contribution in [-0.4, -0.2) is 65.9 Å². The molecule has 0 aliphatic carbocycles. The third kappa shape index (κ3) is 4.85. The molecule has 21 heavy (non-hydrogen) atoms. The lowest BCUT2D eigenvalue weighted by molar-refractivity contribution is -0.0866. The molecule has 0 aromatic heterocycles. The van der Waals surface area contributed by atoms with Gasteiger partial charge in [0.1, 0.15) is 5.60 Å². The molecule has 2 atom stereocenters. The van der Waals surface area contributed by atoms with Gasteiger partial charge >= 0.3 is 6.09 Å². The van der Waals surface area contributed by atoms with Crippen LogP contribution in [0.1, 0.15) is 47.5 Å². The largest absolute Gasteiger partial charge is 0.444 e. The Balaban J connectivity index is 1.81. The maximum Gasteiger partial charge on any atom is 0.410 e. The first-order valence-corrected chi connectivity index (χ1v) is 8.12. The van der Waals surface area contributed by atoms with Gasteiger partial charge in [-0.15, -0.1) is 0 Å². The number of rotatable bonds is 1. The molecule has 2 aliphatic rings. The van der Waals surface area contributed by atoms with Crippen LogP contribution in [-0.2, 0) is 9.47 Å². The number of piperidine rings is 1. The summed E-state index contributed by atoms with van der Waals surface area (Å²) in [6.07, 6.45) is 2.48. The molecular weight excluding hydrogens is 268 g/mol. The van der Waals surface area contributed by atoms with Crippen LogP contribution in [0.2, 0.25) is 0 Å². The van der Waals surface area contributed by atoms with Crippen molar-refractivity contribution in [3.05, 3.63) is 0 Å². The van der Waals surface area contributed by atoms with Crippen molar-refractivity contribution >= 4 is 6.09 Å². The Morgan fingerprint density at radius 1 is 1.10 bits per heavy atom. The van der Waals surface area contributed by atoms with Crippen LogP contribution in [0, 0.1) is 0 Å². The number of carbonyl (C=O) groups excluding carboxylic acids is 1. The fourth-order valence-electron chi connectivity index (χ4n) is 3.26. The molecule has 0 radical (unpaired) electrons. The second kappa shape index (κ2) is 6.53. The predicted octanol–water partition coefficient (Wildman–Crippen LogP) is 2.50. The van der Waals surface area contributed by atoms with Crippen molar-refractivity contribution in [1.29, 1.82) is 0 Å². The molecule has 0 aromatic rings. The first-order chi connectivity index (χ1) is 9.74. The normalized spacial score (nSPS) is 29.5. The summed E-state index contributed by atoms with van der Waals surface area (Å²) in [5.41, 5.74) is -0.414. The van der Waals surface area contributed by atoms with Gasteiger partial charge in [0, 0.05) is 32.2 Å². The fourth-order valence-corrected chi connectivity index (χ4v) is 3.26. The Bertz CT molecular complexity index is 349. The van der Waals surface area contributed by atoms with Gasteiger partial charge in [0.2, 0.25) is 0 Å². The first-order valence-electron chi connectivity index (χ1n) is 8.12. The van der Waals surface area contributed by atoms with Gasteiger partial charge in [-0.2, -0.15) is 0 Å². The molecule has 2 saturated heterocycles. The van der Waals surface area contributed by atoms with E-state index in [1.54, 1.807) is 0 Å². The molecule has 0 bridgehead atoms. The van der Waals surface area contributed by atoms with E-state index in [4.69, 9.17) is 9.47 Å². The van der Waals surface area contributed by atoms with Gasteiger partial charge in [-0.05, 0) is 47.5 Å². The van der Waals surface area contributed by atoms with Crippen molar-refractivity contribution in [2.45, 2.75) is 71.3 Å². The van der Waals surface area contributed by atoms with E-state index in [0.29, 0.717) is 18.2 Å². The standard InChI is InChI=1S/C16H30N2O3/c1-12-10-18(11-13(2)20-12)14-6-8-17(9-7-14)15(19)21-16(3,4)5/h12-14H,6-11H2,1-5H3. The van der Waals surface area contributed by atoms with Crippen molar-refractivity contribution < 1.29 is 14.3 Å². The summed E-state index contributed by atoms with van der Waals surface area (Å²) in [7, 11) is 0. The molecule has 122 valence electrons. The minimum absolute atomic E-state index is 0.176. The van der Waals surface area contributed by atoms with E-state index < -0.39 is 5.60 Å². The number of ether oxygens (including phenoxy) is 2. The molecule has 2 fully saturated rings. The molecule has 5 heteroatoms. The van der Waals surface area contributed by atoms with E-state index in [2.05, 4.69) is 18.7 Å². The zero-order valence-corrected chi connectivity index (χ0v) is 14.1. The topological polar surface area (TPSA) is 42.0 Å². The molecular formula is C16H30N2O3. The average Bonchev–Trinajstić information content (AvgIpc) is 2.35.